The summed E-state index contributed by atoms with van der Waals surface area (Å²) in [5.74, 6) is -0.422. The third kappa shape index (κ3) is 4.29. The summed E-state index contributed by atoms with van der Waals surface area (Å²) in [4.78, 5) is 21.8. The van der Waals surface area contributed by atoms with Gasteiger partial charge in [-0.2, -0.15) is 0 Å². The first-order valence-electron chi connectivity index (χ1n) is 9.44. The Balaban J connectivity index is 1.62. The molecule has 2 aromatic heterocycles. The lowest BCUT2D eigenvalue weighted by atomic mass is 10.0. The molecule has 29 heavy (non-hydrogen) atoms. The Hall–Kier alpha value is -3.60. The van der Waals surface area contributed by atoms with E-state index in [0.29, 0.717) is 24.2 Å². The summed E-state index contributed by atoms with van der Waals surface area (Å²) in [6.45, 7) is 2.45. The Kier molecular flexibility index (Phi) is 5.29. The minimum absolute atomic E-state index is 0.157. The van der Waals surface area contributed by atoms with Crippen molar-refractivity contribution in [2.75, 3.05) is 6.54 Å². The average Bonchev–Trinajstić information content (AvgIpc) is 2.75. The van der Waals surface area contributed by atoms with Crippen molar-refractivity contribution in [1.29, 1.82) is 0 Å². The summed E-state index contributed by atoms with van der Waals surface area (Å²) in [5.41, 5.74) is 4.94. The van der Waals surface area contributed by atoms with Crippen molar-refractivity contribution in [1.82, 2.24) is 15.3 Å². The van der Waals surface area contributed by atoms with E-state index < -0.39 is 0 Å². The number of aryl methyl sites for hydroxylation is 1. The molecule has 4 rings (SSSR count). The number of nitrogens with one attached hydrogen (secondary N) is 1. The number of halogens is 1. The maximum Gasteiger partial charge on any atom is 0.252 e. The molecule has 2 heterocycles. The largest absolute Gasteiger partial charge is 0.352 e. The van der Waals surface area contributed by atoms with E-state index in [1.165, 1.54) is 12.1 Å². The number of fused-ring (bicyclic) bond motifs is 1. The van der Waals surface area contributed by atoms with Crippen LogP contribution in [0.15, 0.2) is 73.1 Å². The summed E-state index contributed by atoms with van der Waals surface area (Å²) >= 11 is 0. The molecule has 0 saturated heterocycles. The summed E-state index contributed by atoms with van der Waals surface area (Å²) in [5, 5.41) is 3.79. The van der Waals surface area contributed by atoms with Gasteiger partial charge in [0.15, 0.2) is 0 Å². The molecule has 0 bridgehead atoms. The lowest BCUT2D eigenvalue weighted by Gasteiger charge is -2.11. The number of hydrogen-bond donors (Lipinski definition) is 1. The Morgan fingerprint density at radius 2 is 1.90 bits per heavy atom. The van der Waals surface area contributed by atoms with Crippen LogP contribution in [-0.2, 0) is 6.42 Å². The topological polar surface area (TPSA) is 54.9 Å². The van der Waals surface area contributed by atoms with Crippen LogP contribution in [0.4, 0.5) is 4.39 Å². The third-order valence-corrected chi connectivity index (χ3v) is 4.78. The Bertz CT molecular complexity index is 1160. The van der Waals surface area contributed by atoms with Crippen LogP contribution in [0.1, 0.15) is 21.5 Å². The highest BCUT2D eigenvalue weighted by molar-refractivity contribution is 6.07. The van der Waals surface area contributed by atoms with Crippen LogP contribution < -0.4 is 5.32 Å². The molecule has 0 aliphatic rings. The highest BCUT2D eigenvalue weighted by Gasteiger charge is 2.14. The molecular weight excluding hydrogens is 365 g/mol. The second kappa shape index (κ2) is 8.19. The van der Waals surface area contributed by atoms with Crippen LogP contribution in [0, 0.1) is 12.7 Å². The number of aromatic nitrogens is 2. The van der Waals surface area contributed by atoms with E-state index in [0.717, 1.165) is 27.6 Å². The predicted octanol–water partition coefficient (Wildman–Crippen LogP) is 4.72. The zero-order chi connectivity index (χ0) is 20.2. The van der Waals surface area contributed by atoms with Gasteiger partial charge in [0.05, 0.1) is 16.8 Å². The van der Waals surface area contributed by atoms with E-state index >= 15 is 0 Å². The minimum Gasteiger partial charge on any atom is -0.352 e. The van der Waals surface area contributed by atoms with Crippen molar-refractivity contribution in [3.8, 4) is 11.3 Å². The van der Waals surface area contributed by atoms with Crippen LogP contribution in [0.2, 0.25) is 0 Å². The number of hydrogen-bond acceptors (Lipinski definition) is 3. The number of pyridine rings is 2. The van der Waals surface area contributed by atoms with Crippen LogP contribution in [0.5, 0.6) is 0 Å². The number of benzene rings is 2. The molecule has 0 spiro atoms. The van der Waals surface area contributed by atoms with Crippen molar-refractivity contribution in [2.45, 2.75) is 13.3 Å². The fraction of sp³-hybridized carbons (Fsp3) is 0.125. The molecule has 1 amide bonds. The van der Waals surface area contributed by atoms with Crippen molar-refractivity contribution in [3.63, 3.8) is 0 Å². The molecule has 4 aromatic rings. The number of carbonyl (C=O) groups is 1. The van der Waals surface area contributed by atoms with Crippen molar-refractivity contribution < 1.29 is 9.18 Å². The first-order chi connectivity index (χ1) is 14.1. The molecule has 4 nitrogen and oxygen atoms in total. The fourth-order valence-electron chi connectivity index (χ4n) is 3.26. The summed E-state index contributed by atoms with van der Waals surface area (Å²) in [7, 11) is 0. The monoisotopic (exact) mass is 385 g/mol. The first-order valence-corrected chi connectivity index (χ1v) is 9.44. The van der Waals surface area contributed by atoms with E-state index in [1.807, 2.05) is 43.3 Å². The van der Waals surface area contributed by atoms with Gasteiger partial charge in [-0.05, 0) is 61.4 Å². The van der Waals surface area contributed by atoms with Crippen LogP contribution in [-0.4, -0.2) is 22.4 Å². The maximum atomic E-state index is 13.0. The fourth-order valence-corrected chi connectivity index (χ4v) is 3.26. The molecule has 0 radical (unpaired) electrons. The summed E-state index contributed by atoms with van der Waals surface area (Å²) in [6, 6.07) is 17.8. The van der Waals surface area contributed by atoms with E-state index in [4.69, 9.17) is 4.98 Å². The van der Waals surface area contributed by atoms with E-state index in [2.05, 4.69) is 10.3 Å². The summed E-state index contributed by atoms with van der Waals surface area (Å²) < 4.78 is 13.0. The highest BCUT2D eigenvalue weighted by atomic mass is 19.1. The van der Waals surface area contributed by atoms with E-state index in [9.17, 15) is 9.18 Å². The number of amides is 1. The highest BCUT2D eigenvalue weighted by Crippen LogP contribution is 2.25. The number of nitrogens with zero attached hydrogens (tertiary/aromatic N) is 2. The molecule has 1 N–H and O–H groups in total. The SMILES string of the molecule is Cc1ccc2nc(-c3cccnc3)cc(C(=O)NCCc3ccc(F)cc3)c2c1. The Morgan fingerprint density at radius 3 is 2.66 bits per heavy atom. The van der Waals surface area contributed by atoms with Gasteiger partial charge in [0.25, 0.3) is 5.91 Å². The van der Waals surface area contributed by atoms with Gasteiger partial charge in [0.1, 0.15) is 5.82 Å². The van der Waals surface area contributed by atoms with Crippen molar-refractivity contribution in [3.05, 3.63) is 95.6 Å². The summed E-state index contributed by atoms with van der Waals surface area (Å²) in [6.07, 6.45) is 4.07. The predicted molar refractivity (Wildman–Crippen MR) is 112 cm³/mol. The molecule has 0 atom stereocenters. The van der Waals surface area contributed by atoms with Crippen molar-refractivity contribution in [2.24, 2.45) is 0 Å². The lowest BCUT2D eigenvalue weighted by Crippen LogP contribution is -2.26. The molecule has 144 valence electrons. The van der Waals surface area contributed by atoms with Gasteiger partial charge in [-0.15, -0.1) is 0 Å². The van der Waals surface area contributed by atoms with Gasteiger partial charge in [-0.1, -0.05) is 23.8 Å². The van der Waals surface area contributed by atoms with Gasteiger partial charge in [0.2, 0.25) is 0 Å². The van der Waals surface area contributed by atoms with E-state index in [1.54, 1.807) is 24.5 Å². The second-order valence-electron chi connectivity index (χ2n) is 6.95. The average molecular weight is 385 g/mol. The quantitative estimate of drug-likeness (QED) is 0.541. The Morgan fingerprint density at radius 1 is 1.07 bits per heavy atom. The molecule has 2 aromatic carbocycles. The number of carbonyl (C=O) groups excluding carboxylic acids is 1. The smallest absolute Gasteiger partial charge is 0.252 e. The van der Waals surface area contributed by atoms with E-state index in [-0.39, 0.29) is 11.7 Å². The minimum atomic E-state index is -0.264. The molecule has 5 heteroatoms. The normalized spacial score (nSPS) is 10.8. The van der Waals surface area contributed by atoms with Gasteiger partial charge in [-0.25, -0.2) is 9.37 Å². The molecule has 0 fully saturated rings. The van der Waals surface area contributed by atoms with Crippen LogP contribution in [0.25, 0.3) is 22.2 Å². The molecule has 0 unspecified atom stereocenters. The van der Waals surface area contributed by atoms with Gasteiger partial charge < -0.3 is 5.32 Å². The van der Waals surface area contributed by atoms with Crippen LogP contribution >= 0.6 is 0 Å². The van der Waals surface area contributed by atoms with Gasteiger partial charge in [0, 0.05) is 29.9 Å². The lowest BCUT2D eigenvalue weighted by molar-refractivity contribution is 0.0955. The van der Waals surface area contributed by atoms with Gasteiger partial charge >= 0.3 is 0 Å². The zero-order valence-corrected chi connectivity index (χ0v) is 16.0. The molecule has 0 aliphatic heterocycles. The zero-order valence-electron chi connectivity index (χ0n) is 16.0. The Labute approximate surface area is 168 Å². The second-order valence-corrected chi connectivity index (χ2v) is 6.95. The van der Waals surface area contributed by atoms with Crippen molar-refractivity contribution >= 4 is 16.8 Å². The first kappa shape index (κ1) is 18.7. The van der Waals surface area contributed by atoms with Crippen LogP contribution in [0.3, 0.4) is 0 Å². The molecule has 0 saturated carbocycles. The maximum absolute atomic E-state index is 13.0. The molecular formula is C24H20FN3O. The standard InChI is InChI=1S/C24H20FN3O/c1-16-4-9-22-20(13-16)21(14-23(28-22)18-3-2-11-26-15-18)24(29)27-12-10-17-5-7-19(25)8-6-17/h2-9,11,13-15H,10,12H2,1H3,(H,27,29). The van der Waals surface area contributed by atoms with Gasteiger partial charge in [-0.3, -0.25) is 9.78 Å². The molecule has 0 aliphatic carbocycles. The third-order valence-electron chi connectivity index (χ3n) is 4.78. The number of rotatable bonds is 5.